The van der Waals surface area contributed by atoms with Crippen LogP contribution >= 0.6 is 15.9 Å². The number of aliphatic hydroxyl groups excluding tert-OH is 1. The fraction of sp³-hybridized carbons (Fsp3) is 0.455. The van der Waals surface area contributed by atoms with Crippen LogP contribution in [-0.2, 0) is 6.42 Å². The zero-order chi connectivity index (χ0) is 11.4. The SMILES string of the molecule is CCc1cc(Br)c(OC)c(C(O)CN)c1. The second-order valence-electron chi connectivity index (χ2n) is 3.31. The highest BCUT2D eigenvalue weighted by Gasteiger charge is 2.15. The Morgan fingerprint density at radius 2 is 2.20 bits per heavy atom. The van der Waals surface area contributed by atoms with Crippen molar-refractivity contribution >= 4 is 15.9 Å². The van der Waals surface area contributed by atoms with Crippen LogP contribution in [0.4, 0.5) is 0 Å². The van der Waals surface area contributed by atoms with E-state index in [4.69, 9.17) is 10.5 Å². The summed E-state index contributed by atoms with van der Waals surface area (Å²) in [5.41, 5.74) is 7.33. The Bertz CT molecular complexity index is 342. The Balaban J connectivity index is 3.25. The van der Waals surface area contributed by atoms with Gasteiger partial charge in [-0.3, -0.25) is 0 Å². The maximum absolute atomic E-state index is 9.76. The molecule has 0 aliphatic heterocycles. The lowest BCUT2D eigenvalue weighted by Gasteiger charge is -2.16. The van der Waals surface area contributed by atoms with E-state index in [1.165, 1.54) is 0 Å². The molecule has 0 saturated carbocycles. The van der Waals surface area contributed by atoms with Crippen molar-refractivity contribution in [2.24, 2.45) is 5.73 Å². The quantitative estimate of drug-likeness (QED) is 0.883. The molecule has 15 heavy (non-hydrogen) atoms. The summed E-state index contributed by atoms with van der Waals surface area (Å²) in [6.07, 6.45) is 0.232. The van der Waals surface area contributed by atoms with Crippen LogP contribution in [0.15, 0.2) is 16.6 Å². The first-order valence-electron chi connectivity index (χ1n) is 4.88. The van der Waals surface area contributed by atoms with Gasteiger partial charge in [0.15, 0.2) is 0 Å². The van der Waals surface area contributed by atoms with Gasteiger partial charge in [-0.25, -0.2) is 0 Å². The number of hydrogen-bond donors (Lipinski definition) is 2. The van der Waals surface area contributed by atoms with Gasteiger partial charge in [-0.2, -0.15) is 0 Å². The van der Waals surface area contributed by atoms with Gasteiger partial charge in [-0.1, -0.05) is 6.92 Å². The van der Waals surface area contributed by atoms with Gasteiger partial charge in [0.1, 0.15) is 5.75 Å². The highest BCUT2D eigenvalue weighted by atomic mass is 79.9. The molecule has 3 nitrogen and oxygen atoms in total. The zero-order valence-electron chi connectivity index (χ0n) is 8.96. The lowest BCUT2D eigenvalue weighted by molar-refractivity contribution is 0.182. The van der Waals surface area contributed by atoms with Gasteiger partial charge in [-0.05, 0) is 40.0 Å². The predicted molar refractivity (Wildman–Crippen MR) is 64.1 cm³/mol. The monoisotopic (exact) mass is 273 g/mol. The predicted octanol–water partition coefficient (Wildman–Crippen LogP) is 2.01. The molecule has 1 aromatic rings. The number of nitrogens with two attached hydrogens (primary N) is 1. The number of ether oxygens (including phenoxy) is 1. The number of methoxy groups -OCH3 is 1. The summed E-state index contributed by atoms with van der Waals surface area (Å²) in [5.74, 6) is 0.658. The summed E-state index contributed by atoms with van der Waals surface area (Å²) >= 11 is 3.42. The number of halogens is 1. The summed E-state index contributed by atoms with van der Waals surface area (Å²) in [6, 6.07) is 3.92. The van der Waals surface area contributed by atoms with Crippen LogP contribution in [0, 0.1) is 0 Å². The van der Waals surface area contributed by atoms with E-state index in [0.29, 0.717) is 5.75 Å². The molecule has 0 fully saturated rings. The highest BCUT2D eigenvalue weighted by Crippen LogP contribution is 2.34. The first-order valence-corrected chi connectivity index (χ1v) is 5.67. The molecule has 1 unspecified atom stereocenters. The normalized spacial score (nSPS) is 12.6. The fourth-order valence-corrected chi connectivity index (χ4v) is 2.15. The third-order valence-corrected chi connectivity index (χ3v) is 2.92. The largest absolute Gasteiger partial charge is 0.495 e. The molecule has 0 aromatic heterocycles. The molecule has 0 amide bonds. The lowest BCUT2D eigenvalue weighted by Crippen LogP contribution is -2.13. The number of rotatable bonds is 4. The van der Waals surface area contributed by atoms with Gasteiger partial charge >= 0.3 is 0 Å². The molecule has 1 aromatic carbocycles. The second kappa shape index (κ2) is 5.49. The van der Waals surface area contributed by atoms with E-state index >= 15 is 0 Å². The van der Waals surface area contributed by atoms with Crippen molar-refractivity contribution in [2.75, 3.05) is 13.7 Å². The van der Waals surface area contributed by atoms with Gasteiger partial charge in [0.25, 0.3) is 0 Å². The smallest absolute Gasteiger partial charge is 0.138 e. The number of aryl methyl sites for hydroxylation is 1. The van der Waals surface area contributed by atoms with Gasteiger partial charge in [-0.15, -0.1) is 0 Å². The van der Waals surface area contributed by atoms with Crippen LogP contribution in [0.3, 0.4) is 0 Å². The number of hydrogen-bond acceptors (Lipinski definition) is 3. The minimum Gasteiger partial charge on any atom is -0.495 e. The lowest BCUT2D eigenvalue weighted by atomic mass is 10.0. The number of aliphatic hydroxyl groups is 1. The molecule has 3 N–H and O–H groups in total. The molecule has 84 valence electrons. The average molecular weight is 274 g/mol. The van der Waals surface area contributed by atoms with E-state index in [-0.39, 0.29) is 6.54 Å². The van der Waals surface area contributed by atoms with Crippen LogP contribution in [0.2, 0.25) is 0 Å². The van der Waals surface area contributed by atoms with Crippen molar-refractivity contribution < 1.29 is 9.84 Å². The Labute approximate surface area is 98.4 Å². The van der Waals surface area contributed by atoms with Crippen molar-refractivity contribution in [3.63, 3.8) is 0 Å². The molecular formula is C11H16BrNO2. The van der Waals surface area contributed by atoms with E-state index < -0.39 is 6.10 Å². The minimum absolute atomic E-state index is 0.190. The molecule has 0 aliphatic rings. The standard InChI is InChI=1S/C11H16BrNO2/c1-3-7-4-8(10(14)6-13)11(15-2)9(12)5-7/h4-5,10,14H,3,6,13H2,1-2H3. The van der Waals surface area contributed by atoms with Gasteiger partial charge in [0.05, 0.1) is 17.7 Å². The molecule has 0 bridgehead atoms. The van der Waals surface area contributed by atoms with Gasteiger partial charge in [0.2, 0.25) is 0 Å². The third-order valence-electron chi connectivity index (χ3n) is 2.33. The van der Waals surface area contributed by atoms with Gasteiger partial charge < -0.3 is 15.6 Å². The fourth-order valence-electron chi connectivity index (χ4n) is 1.47. The maximum Gasteiger partial charge on any atom is 0.138 e. The van der Waals surface area contributed by atoms with E-state index in [1.807, 2.05) is 12.1 Å². The Kier molecular flexibility index (Phi) is 4.57. The summed E-state index contributed by atoms with van der Waals surface area (Å²) in [5, 5.41) is 9.76. The summed E-state index contributed by atoms with van der Waals surface area (Å²) in [4.78, 5) is 0. The minimum atomic E-state index is -0.678. The third kappa shape index (κ3) is 2.71. The van der Waals surface area contributed by atoms with Crippen molar-refractivity contribution in [2.45, 2.75) is 19.4 Å². The molecular weight excluding hydrogens is 258 g/mol. The molecule has 0 spiro atoms. The Morgan fingerprint density at radius 1 is 1.53 bits per heavy atom. The van der Waals surface area contributed by atoms with Crippen LogP contribution in [-0.4, -0.2) is 18.8 Å². The van der Waals surface area contributed by atoms with E-state index in [0.717, 1.165) is 22.0 Å². The maximum atomic E-state index is 9.76. The molecule has 0 heterocycles. The van der Waals surface area contributed by atoms with Crippen LogP contribution < -0.4 is 10.5 Å². The zero-order valence-corrected chi connectivity index (χ0v) is 10.5. The molecule has 0 radical (unpaired) electrons. The number of benzene rings is 1. The Morgan fingerprint density at radius 3 is 2.67 bits per heavy atom. The van der Waals surface area contributed by atoms with Crippen molar-refractivity contribution in [3.05, 3.63) is 27.7 Å². The highest BCUT2D eigenvalue weighted by molar-refractivity contribution is 9.10. The first kappa shape index (κ1) is 12.5. The van der Waals surface area contributed by atoms with Crippen molar-refractivity contribution in [1.82, 2.24) is 0 Å². The van der Waals surface area contributed by atoms with Crippen LogP contribution in [0.25, 0.3) is 0 Å². The van der Waals surface area contributed by atoms with E-state index in [9.17, 15) is 5.11 Å². The van der Waals surface area contributed by atoms with Crippen LogP contribution in [0.1, 0.15) is 24.2 Å². The molecule has 1 atom stereocenters. The average Bonchev–Trinajstić information content (AvgIpc) is 2.26. The molecule has 1 rings (SSSR count). The summed E-state index contributed by atoms with van der Waals surface area (Å²) < 4.78 is 6.09. The first-order chi connectivity index (χ1) is 7.13. The summed E-state index contributed by atoms with van der Waals surface area (Å²) in [7, 11) is 1.58. The molecule has 0 aliphatic carbocycles. The van der Waals surface area contributed by atoms with Crippen LogP contribution in [0.5, 0.6) is 5.75 Å². The molecule has 0 saturated heterocycles. The van der Waals surface area contributed by atoms with Gasteiger partial charge in [0, 0.05) is 12.1 Å². The molecule has 4 heteroatoms. The van der Waals surface area contributed by atoms with E-state index in [1.54, 1.807) is 7.11 Å². The van der Waals surface area contributed by atoms with E-state index in [2.05, 4.69) is 22.9 Å². The second-order valence-corrected chi connectivity index (χ2v) is 4.16. The van der Waals surface area contributed by atoms with Crippen molar-refractivity contribution in [3.8, 4) is 5.75 Å². The van der Waals surface area contributed by atoms with Crippen molar-refractivity contribution in [1.29, 1.82) is 0 Å². The summed E-state index contributed by atoms with van der Waals surface area (Å²) in [6.45, 7) is 2.25. The Hall–Kier alpha value is -0.580. The topological polar surface area (TPSA) is 55.5 Å².